The highest BCUT2D eigenvalue weighted by Gasteiger charge is 2.08. The standard InChI is InChI=1S/C8H17O/c1-5-7(3)8(4)9-6-2/h7-8H,1,5-6H2,2-4H3. The maximum Gasteiger partial charge on any atom is 0.0572 e. The third-order valence-electron chi connectivity index (χ3n) is 1.69. The van der Waals surface area contributed by atoms with E-state index in [0.29, 0.717) is 12.0 Å². The Balaban J connectivity index is 3.32. The summed E-state index contributed by atoms with van der Waals surface area (Å²) in [6, 6.07) is 0. The Kier molecular flexibility index (Phi) is 4.78. The zero-order valence-corrected chi connectivity index (χ0v) is 6.68. The van der Waals surface area contributed by atoms with Crippen molar-refractivity contribution < 1.29 is 4.74 Å². The van der Waals surface area contributed by atoms with Crippen molar-refractivity contribution in [1.29, 1.82) is 0 Å². The van der Waals surface area contributed by atoms with Crippen LogP contribution in [-0.4, -0.2) is 12.7 Å². The lowest BCUT2D eigenvalue weighted by Crippen LogP contribution is -2.16. The molecule has 0 spiro atoms. The van der Waals surface area contributed by atoms with Gasteiger partial charge < -0.3 is 4.74 Å². The van der Waals surface area contributed by atoms with Gasteiger partial charge in [0.2, 0.25) is 0 Å². The van der Waals surface area contributed by atoms with Crippen LogP contribution in [0.1, 0.15) is 27.2 Å². The second-order valence-electron chi connectivity index (χ2n) is 2.43. The van der Waals surface area contributed by atoms with Crippen LogP contribution in [0.2, 0.25) is 0 Å². The molecule has 0 aromatic rings. The Morgan fingerprint density at radius 1 is 1.44 bits per heavy atom. The fraction of sp³-hybridized carbons (Fsp3) is 0.875. The van der Waals surface area contributed by atoms with Crippen LogP contribution >= 0.6 is 0 Å². The Morgan fingerprint density at radius 2 is 2.00 bits per heavy atom. The molecule has 0 heterocycles. The molecule has 1 nitrogen and oxygen atoms in total. The van der Waals surface area contributed by atoms with E-state index < -0.39 is 0 Å². The Bertz CT molecular complexity index is 61.6. The second-order valence-corrected chi connectivity index (χ2v) is 2.43. The van der Waals surface area contributed by atoms with Gasteiger partial charge in [-0.25, -0.2) is 0 Å². The smallest absolute Gasteiger partial charge is 0.0572 e. The topological polar surface area (TPSA) is 9.23 Å². The lowest BCUT2D eigenvalue weighted by atomic mass is 10.0. The maximum atomic E-state index is 5.35. The van der Waals surface area contributed by atoms with Gasteiger partial charge >= 0.3 is 0 Å². The second kappa shape index (κ2) is 4.80. The van der Waals surface area contributed by atoms with Crippen LogP contribution in [0.5, 0.6) is 0 Å². The molecule has 2 atom stereocenters. The highest BCUT2D eigenvalue weighted by molar-refractivity contribution is 4.61. The van der Waals surface area contributed by atoms with Crippen LogP contribution < -0.4 is 0 Å². The molecule has 0 saturated carbocycles. The largest absolute Gasteiger partial charge is 0.379 e. The van der Waals surface area contributed by atoms with Gasteiger partial charge in [-0.3, -0.25) is 0 Å². The number of hydrogen-bond acceptors (Lipinski definition) is 1. The first-order valence-corrected chi connectivity index (χ1v) is 3.63. The zero-order chi connectivity index (χ0) is 7.28. The predicted octanol–water partition coefficient (Wildman–Crippen LogP) is 2.27. The summed E-state index contributed by atoms with van der Waals surface area (Å²) >= 11 is 0. The van der Waals surface area contributed by atoms with Gasteiger partial charge in [-0.2, -0.15) is 0 Å². The van der Waals surface area contributed by atoms with Gasteiger partial charge in [-0.1, -0.05) is 13.8 Å². The first-order chi connectivity index (χ1) is 4.22. The maximum absolute atomic E-state index is 5.35. The first kappa shape index (κ1) is 8.96. The van der Waals surface area contributed by atoms with Gasteiger partial charge in [-0.05, 0) is 26.2 Å². The van der Waals surface area contributed by atoms with Crippen LogP contribution in [0.3, 0.4) is 0 Å². The van der Waals surface area contributed by atoms with Crippen molar-refractivity contribution in [2.75, 3.05) is 6.61 Å². The van der Waals surface area contributed by atoms with Crippen molar-refractivity contribution in [3.05, 3.63) is 6.92 Å². The highest BCUT2D eigenvalue weighted by atomic mass is 16.5. The molecule has 2 unspecified atom stereocenters. The molecule has 0 fully saturated rings. The van der Waals surface area contributed by atoms with E-state index in [0.717, 1.165) is 13.0 Å². The van der Waals surface area contributed by atoms with E-state index in [1.54, 1.807) is 0 Å². The third kappa shape index (κ3) is 3.52. The average Bonchev–Trinajstić information content (AvgIpc) is 1.87. The van der Waals surface area contributed by atoms with Crippen LogP contribution in [0, 0.1) is 12.8 Å². The predicted molar refractivity (Wildman–Crippen MR) is 40.2 cm³/mol. The van der Waals surface area contributed by atoms with Gasteiger partial charge in [0.15, 0.2) is 0 Å². The summed E-state index contributed by atoms with van der Waals surface area (Å²) in [6.45, 7) is 10.9. The molecule has 0 N–H and O–H groups in total. The van der Waals surface area contributed by atoms with Crippen molar-refractivity contribution in [2.24, 2.45) is 5.92 Å². The van der Waals surface area contributed by atoms with Crippen molar-refractivity contribution >= 4 is 0 Å². The lowest BCUT2D eigenvalue weighted by Gasteiger charge is -2.17. The van der Waals surface area contributed by atoms with Crippen molar-refractivity contribution in [1.82, 2.24) is 0 Å². The first-order valence-electron chi connectivity index (χ1n) is 3.63. The van der Waals surface area contributed by atoms with E-state index >= 15 is 0 Å². The van der Waals surface area contributed by atoms with E-state index in [4.69, 9.17) is 4.74 Å². The highest BCUT2D eigenvalue weighted by Crippen LogP contribution is 2.09. The van der Waals surface area contributed by atoms with Gasteiger partial charge in [-0.15, -0.1) is 0 Å². The summed E-state index contributed by atoms with van der Waals surface area (Å²) in [5.41, 5.74) is 0. The molecule has 55 valence electrons. The van der Waals surface area contributed by atoms with E-state index in [1.807, 2.05) is 6.92 Å². The van der Waals surface area contributed by atoms with E-state index in [1.165, 1.54) is 0 Å². The number of ether oxygens (including phenoxy) is 1. The Hall–Kier alpha value is -0.0400. The average molecular weight is 129 g/mol. The molecular weight excluding hydrogens is 112 g/mol. The minimum absolute atomic E-state index is 0.368. The van der Waals surface area contributed by atoms with E-state index in [2.05, 4.69) is 20.8 Å². The van der Waals surface area contributed by atoms with Crippen molar-refractivity contribution in [3.63, 3.8) is 0 Å². The molecule has 0 bridgehead atoms. The molecule has 0 saturated heterocycles. The molecule has 1 radical (unpaired) electrons. The molecule has 0 aromatic carbocycles. The molecule has 0 rings (SSSR count). The minimum atomic E-state index is 0.368. The van der Waals surface area contributed by atoms with Crippen LogP contribution in [-0.2, 0) is 4.74 Å². The summed E-state index contributed by atoms with van der Waals surface area (Å²) in [6.07, 6.45) is 1.33. The fourth-order valence-electron chi connectivity index (χ4n) is 0.662. The van der Waals surface area contributed by atoms with Crippen LogP contribution in [0.25, 0.3) is 0 Å². The molecule has 0 aromatic heterocycles. The lowest BCUT2D eigenvalue weighted by molar-refractivity contribution is 0.0395. The number of hydrogen-bond donors (Lipinski definition) is 0. The van der Waals surface area contributed by atoms with Crippen LogP contribution in [0.15, 0.2) is 0 Å². The fourth-order valence-corrected chi connectivity index (χ4v) is 0.662. The van der Waals surface area contributed by atoms with E-state index in [9.17, 15) is 0 Å². The number of rotatable bonds is 4. The summed E-state index contributed by atoms with van der Waals surface area (Å²) in [5, 5.41) is 0. The van der Waals surface area contributed by atoms with Gasteiger partial charge in [0.1, 0.15) is 0 Å². The molecule has 0 aliphatic carbocycles. The molecule has 0 amide bonds. The van der Waals surface area contributed by atoms with Gasteiger partial charge in [0, 0.05) is 6.61 Å². The van der Waals surface area contributed by atoms with Crippen molar-refractivity contribution in [3.8, 4) is 0 Å². The van der Waals surface area contributed by atoms with Crippen LogP contribution in [0.4, 0.5) is 0 Å². The summed E-state index contributed by atoms with van der Waals surface area (Å²) in [5.74, 6) is 0.588. The SMILES string of the molecule is [CH2]CC(C)C(C)OCC. The Labute approximate surface area is 58.4 Å². The monoisotopic (exact) mass is 129 g/mol. The minimum Gasteiger partial charge on any atom is -0.379 e. The molecule has 0 aliphatic rings. The third-order valence-corrected chi connectivity index (χ3v) is 1.69. The van der Waals surface area contributed by atoms with Crippen molar-refractivity contribution in [2.45, 2.75) is 33.3 Å². The zero-order valence-electron chi connectivity index (χ0n) is 6.68. The van der Waals surface area contributed by atoms with E-state index in [-0.39, 0.29) is 0 Å². The summed E-state index contributed by atoms with van der Waals surface area (Å²) in [4.78, 5) is 0. The normalized spacial score (nSPS) is 17.3. The molecule has 9 heavy (non-hydrogen) atoms. The Morgan fingerprint density at radius 3 is 2.33 bits per heavy atom. The quantitative estimate of drug-likeness (QED) is 0.565. The molecular formula is C8H17O. The summed E-state index contributed by atoms with van der Waals surface area (Å²) in [7, 11) is 0. The molecule has 1 heteroatoms. The van der Waals surface area contributed by atoms with Gasteiger partial charge in [0.05, 0.1) is 6.10 Å². The molecule has 0 aliphatic heterocycles. The van der Waals surface area contributed by atoms with Gasteiger partial charge in [0.25, 0.3) is 0 Å². The summed E-state index contributed by atoms with van der Waals surface area (Å²) < 4.78 is 5.35.